The average Bonchev–Trinajstić information content (AvgIpc) is 2.62. The smallest absolute Gasteiger partial charge is 0.191 e. The molecule has 128 valence electrons. The van der Waals surface area contributed by atoms with Crippen LogP contribution in [0.1, 0.15) is 24.0 Å². The minimum Gasteiger partial charge on any atom is -0.496 e. The summed E-state index contributed by atoms with van der Waals surface area (Å²) in [6, 6.07) is 14.7. The molecule has 0 fully saturated rings. The molecule has 0 bridgehead atoms. The van der Waals surface area contributed by atoms with Gasteiger partial charge in [0.1, 0.15) is 11.6 Å². The van der Waals surface area contributed by atoms with E-state index in [0.717, 1.165) is 11.3 Å². The Bertz CT molecular complexity index is 688. The fourth-order valence-electron chi connectivity index (χ4n) is 2.47. The first-order chi connectivity index (χ1) is 11.7. The Labute approximate surface area is 142 Å². The molecule has 5 heteroatoms. The van der Waals surface area contributed by atoms with E-state index in [1.54, 1.807) is 26.3 Å². The second kappa shape index (κ2) is 8.91. The van der Waals surface area contributed by atoms with Crippen LogP contribution < -0.4 is 15.4 Å². The molecular formula is C19H24FN3O. The molecule has 0 aromatic heterocycles. The van der Waals surface area contributed by atoms with Gasteiger partial charge in [0.25, 0.3) is 0 Å². The van der Waals surface area contributed by atoms with E-state index in [0.29, 0.717) is 24.6 Å². The van der Waals surface area contributed by atoms with Crippen molar-refractivity contribution in [3.8, 4) is 5.75 Å². The van der Waals surface area contributed by atoms with Gasteiger partial charge in [-0.15, -0.1) is 0 Å². The van der Waals surface area contributed by atoms with Gasteiger partial charge in [-0.1, -0.05) is 43.3 Å². The third-order valence-electron chi connectivity index (χ3n) is 3.87. The SMILES string of the molecule is CN=C(NCc1ccccc1F)NCC(C)c1ccccc1OC. The van der Waals surface area contributed by atoms with Crippen LogP contribution in [0.5, 0.6) is 5.75 Å². The number of guanidine groups is 1. The molecule has 0 radical (unpaired) electrons. The lowest BCUT2D eigenvalue weighted by Gasteiger charge is -2.18. The molecule has 24 heavy (non-hydrogen) atoms. The molecule has 0 saturated heterocycles. The molecule has 2 N–H and O–H groups in total. The number of hydrogen-bond donors (Lipinski definition) is 2. The lowest BCUT2D eigenvalue weighted by molar-refractivity contribution is 0.406. The van der Waals surface area contributed by atoms with Crippen molar-refractivity contribution in [2.45, 2.75) is 19.4 Å². The van der Waals surface area contributed by atoms with Crippen molar-refractivity contribution in [1.82, 2.24) is 10.6 Å². The van der Waals surface area contributed by atoms with Crippen LogP contribution in [-0.2, 0) is 6.54 Å². The van der Waals surface area contributed by atoms with Crippen LogP contribution in [0.2, 0.25) is 0 Å². The van der Waals surface area contributed by atoms with E-state index in [9.17, 15) is 4.39 Å². The predicted molar refractivity (Wildman–Crippen MR) is 96.0 cm³/mol. The first kappa shape index (κ1) is 17.8. The highest BCUT2D eigenvalue weighted by Crippen LogP contribution is 2.25. The van der Waals surface area contributed by atoms with E-state index in [1.165, 1.54) is 6.07 Å². The number of nitrogens with one attached hydrogen (secondary N) is 2. The maximum atomic E-state index is 13.6. The summed E-state index contributed by atoms with van der Waals surface area (Å²) in [5.74, 6) is 1.54. The first-order valence-electron chi connectivity index (χ1n) is 7.96. The second-order valence-corrected chi connectivity index (χ2v) is 5.54. The van der Waals surface area contributed by atoms with Crippen molar-refractivity contribution < 1.29 is 9.13 Å². The standard InChI is InChI=1S/C19H24FN3O/c1-14(16-9-5-7-11-18(16)24-3)12-22-19(21-2)23-13-15-8-4-6-10-17(15)20/h4-11,14H,12-13H2,1-3H3,(H2,21,22,23). The summed E-state index contributed by atoms with van der Waals surface area (Å²) in [7, 11) is 3.37. The molecule has 4 nitrogen and oxygen atoms in total. The highest BCUT2D eigenvalue weighted by atomic mass is 19.1. The summed E-state index contributed by atoms with van der Waals surface area (Å²) in [6.45, 7) is 3.20. The van der Waals surface area contributed by atoms with Gasteiger partial charge in [-0.05, 0) is 17.7 Å². The number of rotatable bonds is 6. The number of methoxy groups -OCH3 is 1. The fraction of sp³-hybridized carbons (Fsp3) is 0.316. The van der Waals surface area contributed by atoms with Gasteiger partial charge in [-0.25, -0.2) is 4.39 Å². The molecule has 0 spiro atoms. The van der Waals surface area contributed by atoms with E-state index in [4.69, 9.17) is 4.74 Å². The van der Waals surface area contributed by atoms with E-state index in [2.05, 4.69) is 28.6 Å². The van der Waals surface area contributed by atoms with Crippen molar-refractivity contribution in [3.63, 3.8) is 0 Å². The zero-order chi connectivity index (χ0) is 17.4. The van der Waals surface area contributed by atoms with Gasteiger partial charge in [-0.2, -0.15) is 0 Å². The third kappa shape index (κ3) is 4.72. The minimum atomic E-state index is -0.220. The van der Waals surface area contributed by atoms with Crippen LogP contribution in [0.4, 0.5) is 4.39 Å². The molecule has 0 aliphatic carbocycles. The van der Waals surface area contributed by atoms with Gasteiger partial charge in [0, 0.05) is 31.6 Å². The van der Waals surface area contributed by atoms with E-state index in [-0.39, 0.29) is 11.7 Å². The maximum Gasteiger partial charge on any atom is 0.191 e. The van der Waals surface area contributed by atoms with Crippen molar-refractivity contribution in [2.24, 2.45) is 4.99 Å². The number of halogens is 1. The Hall–Kier alpha value is -2.56. The highest BCUT2D eigenvalue weighted by molar-refractivity contribution is 5.79. The number of nitrogens with zero attached hydrogens (tertiary/aromatic N) is 1. The molecule has 1 unspecified atom stereocenters. The van der Waals surface area contributed by atoms with Crippen molar-refractivity contribution in [1.29, 1.82) is 0 Å². The quantitative estimate of drug-likeness (QED) is 0.631. The van der Waals surface area contributed by atoms with E-state index < -0.39 is 0 Å². The van der Waals surface area contributed by atoms with Crippen molar-refractivity contribution >= 4 is 5.96 Å². The topological polar surface area (TPSA) is 45.7 Å². The van der Waals surface area contributed by atoms with E-state index >= 15 is 0 Å². The molecular weight excluding hydrogens is 305 g/mol. The lowest BCUT2D eigenvalue weighted by atomic mass is 10.0. The predicted octanol–water partition coefficient (Wildman–Crippen LogP) is 3.30. The van der Waals surface area contributed by atoms with Crippen LogP contribution in [0.25, 0.3) is 0 Å². The van der Waals surface area contributed by atoms with E-state index in [1.807, 2.05) is 24.3 Å². The number of hydrogen-bond acceptors (Lipinski definition) is 2. The van der Waals surface area contributed by atoms with Crippen LogP contribution >= 0.6 is 0 Å². The molecule has 1 atom stereocenters. The van der Waals surface area contributed by atoms with Gasteiger partial charge in [-0.3, -0.25) is 4.99 Å². The zero-order valence-electron chi connectivity index (χ0n) is 14.3. The minimum absolute atomic E-state index is 0.220. The second-order valence-electron chi connectivity index (χ2n) is 5.54. The van der Waals surface area contributed by atoms with Gasteiger partial charge in [0.05, 0.1) is 7.11 Å². The van der Waals surface area contributed by atoms with Crippen molar-refractivity contribution in [3.05, 3.63) is 65.5 Å². The molecule has 0 aliphatic rings. The molecule has 0 aliphatic heterocycles. The monoisotopic (exact) mass is 329 g/mol. The molecule has 2 aromatic rings. The van der Waals surface area contributed by atoms with Crippen LogP contribution in [-0.4, -0.2) is 26.7 Å². The largest absolute Gasteiger partial charge is 0.496 e. The zero-order valence-corrected chi connectivity index (χ0v) is 14.3. The number of benzene rings is 2. The Morgan fingerprint density at radius 2 is 1.83 bits per heavy atom. The Kier molecular flexibility index (Phi) is 6.61. The number of ether oxygens (including phenoxy) is 1. The normalized spacial score (nSPS) is 12.6. The molecule has 0 amide bonds. The molecule has 2 aromatic carbocycles. The van der Waals surface area contributed by atoms with Crippen LogP contribution in [0.3, 0.4) is 0 Å². The fourth-order valence-corrected chi connectivity index (χ4v) is 2.47. The first-order valence-corrected chi connectivity index (χ1v) is 7.96. The Morgan fingerprint density at radius 3 is 2.54 bits per heavy atom. The number of aliphatic imine (C=N–C) groups is 1. The lowest BCUT2D eigenvalue weighted by Crippen LogP contribution is -2.38. The average molecular weight is 329 g/mol. The summed E-state index contributed by atoms with van der Waals surface area (Å²) in [6.07, 6.45) is 0. The molecule has 0 heterocycles. The van der Waals surface area contributed by atoms with Crippen LogP contribution in [0.15, 0.2) is 53.5 Å². The summed E-state index contributed by atoms with van der Waals surface area (Å²) in [4.78, 5) is 4.18. The Morgan fingerprint density at radius 1 is 1.12 bits per heavy atom. The maximum absolute atomic E-state index is 13.6. The summed E-state index contributed by atoms with van der Waals surface area (Å²) >= 11 is 0. The molecule has 2 rings (SSSR count). The van der Waals surface area contributed by atoms with Crippen LogP contribution in [0, 0.1) is 5.82 Å². The van der Waals surface area contributed by atoms with Crippen molar-refractivity contribution in [2.75, 3.05) is 20.7 Å². The Balaban J connectivity index is 1.90. The van der Waals surface area contributed by atoms with Gasteiger partial charge in [0.15, 0.2) is 5.96 Å². The number of para-hydroxylation sites is 1. The van der Waals surface area contributed by atoms with Gasteiger partial charge >= 0.3 is 0 Å². The summed E-state index contributed by atoms with van der Waals surface area (Å²) in [5, 5.41) is 6.40. The molecule has 0 saturated carbocycles. The third-order valence-corrected chi connectivity index (χ3v) is 3.87. The summed E-state index contributed by atoms with van der Waals surface area (Å²) in [5.41, 5.74) is 1.75. The summed E-state index contributed by atoms with van der Waals surface area (Å²) < 4.78 is 19.1. The highest BCUT2D eigenvalue weighted by Gasteiger charge is 2.11. The van der Waals surface area contributed by atoms with Gasteiger partial charge in [0.2, 0.25) is 0 Å². The van der Waals surface area contributed by atoms with Gasteiger partial charge < -0.3 is 15.4 Å².